The Bertz CT molecular complexity index is 1220. The maximum atomic E-state index is 11.2. The van der Waals surface area contributed by atoms with Crippen molar-refractivity contribution in [2.45, 2.75) is 21.7 Å². The molecule has 0 radical (unpaired) electrons. The molecule has 7 nitrogen and oxygen atoms in total. The lowest BCUT2D eigenvalue weighted by atomic mass is 10.3. The zero-order valence-electron chi connectivity index (χ0n) is 16.8. The summed E-state index contributed by atoms with van der Waals surface area (Å²) in [7, 11) is -3.16. The van der Waals surface area contributed by atoms with E-state index in [1.807, 2.05) is 48.5 Å². The molecule has 31 heavy (non-hydrogen) atoms. The van der Waals surface area contributed by atoms with Gasteiger partial charge < -0.3 is 0 Å². The molecule has 4 rings (SSSR count). The number of thiazole rings is 1. The average molecular weight is 492 g/mol. The second-order valence-corrected chi connectivity index (χ2v) is 11.8. The second kappa shape index (κ2) is 10.1. The molecule has 0 fully saturated rings. The first kappa shape index (κ1) is 22.3. The molecule has 0 saturated carbocycles. The van der Waals surface area contributed by atoms with Crippen LogP contribution in [0.3, 0.4) is 0 Å². The Labute approximate surface area is 193 Å². The number of sulfonamides is 1. The third kappa shape index (κ3) is 6.07. The Kier molecular flexibility index (Phi) is 7.28. The van der Waals surface area contributed by atoms with Gasteiger partial charge in [0.25, 0.3) is 0 Å². The van der Waals surface area contributed by atoms with Crippen LogP contribution in [-0.2, 0) is 15.8 Å². The molecule has 2 aromatic heterocycles. The number of hydrogen-bond acceptors (Lipinski definition) is 8. The second-order valence-electron chi connectivity index (χ2n) is 6.67. The molecule has 0 aliphatic heterocycles. The predicted molar refractivity (Wildman–Crippen MR) is 129 cm³/mol. The average Bonchev–Trinajstić information content (AvgIpc) is 3.35. The van der Waals surface area contributed by atoms with Crippen LogP contribution in [0, 0.1) is 0 Å². The van der Waals surface area contributed by atoms with Crippen molar-refractivity contribution in [2.75, 3.05) is 18.6 Å². The summed E-state index contributed by atoms with van der Waals surface area (Å²) < 4.78 is 29.2. The number of nitrogens with zero attached hydrogens (tertiary/aromatic N) is 4. The molecule has 0 bridgehead atoms. The van der Waals surface area contributed by atoms with E-state index in [-0.39, 0.29) is 0 Å². The fraction of sp³-hybridized carbons (Fsp3) is 0.250. The summed E-state index contributed by atoms with van der Waals surface area (Å²) >= 11 is 4.90. The normalized spacial score (nSPS) is 11.9. The maximum absolute atomic E-state index is 11.2. The molecule has 0 amide bonds. The van der Waals surface area contributed by atoms with E-state index in [2.05, 4.69) is 30.5 Å². The largest absolute Gasteiger partial charge is 0.273 e. The van der Waals surface area contributed by atoms with E-state index in [1.165, 1.54) is 11.0 Å². The summed E-state index contributed by atoms with van der Waals surface area (Å²) in [4.78, 5) is 4.69. The molecule has 0 saturated heterocycles. The van der Waals surface area contributed by atoms with E-state index < -0.39 is 10.0 Å². The summed E-state index contributed by atoms with van der Waals surface area (Å²) in [5, 5.41) is 9.63. The highest BCUT2D eigenvalue weighted by atomic mass is 32.2. The van der Waals surface area contributed by atoms with Crippen LogP contribution in [0.2, 0.25) is 0 Å². The highest BCUT2D eigenvalue weighted by molar-refractivity contribution is 8.00. The van der Waals surface area contributed by atoms with Crippen molar-refractivity contribution in [3.8, 4) is 5.69 Å². The van der Waals surface area contributed by atoms with Gasteiger partial charge in [-0.1, -0.05) is 53.9 Å². The first-order valence-electron chi connectivity index (χ1n) is 9.55. The van der Waals surface area contributed by atoms with Gasteiger partial charge in [-0.15, -0.1) is 21.5 Å². The van der Waals surface area contributed by atoms with Crippen molar-refractivity contribution >= 4 is 55.1 Å². The fourth-order valence-electron chi connectivity index (χ4n) is 2.86. The van der Waals surface area contributed by atoms with Gasteiger partial charge in [0.2, 0.25) is 10.0 Å². The van der Waals surface area contributed by atoms with Crippen molar-refractivity contribution in [2.24, 2.45) is 0 Å². The van der Waals surface area contributed by atoms with Gasteiger partial charge in [0.15, 0.2) is 9.50 Å². The number of aromatic nitrogens is 4. The molecule has 1 N–H and O–H groups in total. The number of para-hydroxylation sites is 2. The Morgan fingerprint density at radius 1 is 1.03 bits per heavy atom. The fourth-order valence-corrected chi connectivity index (χ4v) is 6.26. The van der Waals surface area contributed by atoms with Crippen LogP contribution >= 0.6 is 34.9 Å². The first-order valence-corrected chi connectivity index (χ1v) is 14.2. The van der Waals surface area contributed by atoms with Crippen molar-refractivity contribution < 1.29 is 8.42 Å². The number of hydrogen-bond donors (Lipinski definition) is 1. The smallest absolute Gasteiger partial charge is 0.208 e. The SMILES string of the molecule is CS(=O)(=O)NCCCSc1nnc(CSc2nc3ccccc3s2)n1-c1ccccc1. The van der Waals surface area contributed by atoms with E-state index in [1.54, 1.807) is 34.9 Å². The predicted octanol–water partition coefficient (Wildman–Crippen LogP) is 4.20. The maximum Gasteiger partial charge on any atom is 0.208 e. The van der Waals surface area contributed by atoms with Gasteiger partial charge in [-0.05, 0) is 30.7 Å². The van der Waals surface area contributed by atoms with Gasteiger partial charge in [-0.25, -0.2) is 18.1 Å². The van der Waals surface area contributed by atoms with Gasteiger partial charge in [-0.2, -0.15) is 0 Å². The number of fused-ring (bicyclic) bond motifs is 1. The first-order chi connectivity index (χ1) is 15.0. The van der Waals surface area contributed by atoms with Gasteiger partial charge in [0, 0.05) is 18.0 Å². The zero-order valence-corrected chi connectivity index (χ0v) is 20.0. The summed E-state index contributed by atoms with van der Waals surface area (Å²) in [5.41, 5.74) is 2.02. The molecular formula is C20H21N5O2S4. The standard InChI is InChI=1S/C20H21N5O2S4/c1-31(26,27)21-12-7-13-28-19-24-23-18(25(19)15-8-3-2-4-9-15)14-29-20-22-16-10-5-6-11-17(16)30-20/h2-6,8-11,21H,7,12-14H2,1H3. The monoisotopic (exact) mass is 491 g/mol. The minimum absolute atomic E-state index is 0.408. The van der Waals surface area contributed by atoms with Crippen molar-refractivity contribution in [1.29, 1.82) is 0 Å². The summed E-state index contributed by atoms with van der Waals surface area (Å²) in [6.45, 7) is 0.408. The lowest BCUT2D eigenvalue weighted by Crippen LogP contribution is -2.23. The Balaban J connectivity index is 1.48. The molecule has 2 aromatic carbocycles. The number of benzene rings is 2. The molecule has 0 spiro atoms. The zero-order chi connectivity index (χ0) is 21.7. The highest BCUT2D eigenvalue weighted by Gasteiger charge is 2.16. The summed E-state index contributed by atoms with van der Waals surface area (Å²) in [5.74, 6) is 2.24. The molecule has 11 heteroatoms. The number of rotatable bonds is 10. The minimum Gasteiger partial charge on any atom is -0.273 e. The van der Waals surface area contributed by atoms with Crippen molar-refractivity contribution in [3.05, 3.63) is 60.4 Å². The van der Waals surface area contributed by atoms with Gasteiger partial charge in [0.05, 0.1) is 22.2 Å². The molecule has 0 atom stereocenters. The van der Waals surface area contributed by atoms with Crippen LogP contribution in [0.4, 0.5) is 0 Å². The third-order valence-corrected chi connectivity index (χ3v) is 8.15. The lowest BCUT2D eigenvalue weighted by molar-refractivity contribution is 0.587. The Hall–Kier alpha value is -1.92. The number of nitrogens with one attached hydrogen (secondary N) is 1. The van der Waals surface area contributed by atoms with Crippen LogP contribution in [-0.4, -0.2) is 46.7 Å². The Morgan fingerprint density at radius 2 is 1.81 bits per heavy atom. The quantitative estimate of drug-likeness (QED) is 0.263. The van der Waals surface area contributed by atoms with Crippen molar-refractivity contribution in [3.63, 3.8) is 0 Å². The van der Waals surface area contributed by atoms with Gasteiger partial charge in [-0.3, -0.25) is 4.57 Å². The van der Waals surface area contributed by atoms with Crippen LogP contribution in [0.5, 0.6) is 0 Å². The van der Waals surface area contributed by atoms with Crippen LogP contribution in [0.25, 0.3) is 15.9 Å². The van der Waals surface area contributed by atoms with Crippen molar-refractivity contribution in [1.82, 2.24) is 24.5 Å². The summed E-state index contributed by atoms with van der Waals surface area (Å²) in [6, 6.07) is 18.1. The lowest BCUT2D eigenvalue weighted by Gasteiger charge is -2.09. The molecule has 162 valence electrons. The topological polar surface area (TPSA) is 89.8 Å². The third-order valence-electron chi connectivity index (χ3n) is 4.23. The molecule has 2 heterocycles. The van der Waals surface area contributed by atoms with Gasteiger partial charge >= 0.3 is 0 Å². The van der Waals surface area contributed by atoms with E-state index in [9.17, 15) is 8.42 Å². The van der Waals surface area contributed by atoms with Gasteiger partial charge in [0.1, 0.15) is 5.82 Å². The summed E-state index contributed by atoms with van der Waals surface area (Å²) in [6.07, 6.45) is 1.87. The van der Waals surface area contributed by atoms with E-state index >= 15 is 0 Å². The molecule has 0 aliphatic carbocycles. The van der Waals surface area contributed by atoms with E-state index in [0.29, 0.717) is 18.7 Å². The van der Waals surface area contributed by atoms with Crippen LogP contribution in [0.15, 0.2) is 64.1 Å². The van der Waals surface area contributed by atoms with E-state index in [4.69, 9.17) is 0 Å². The molecule has 0 unspecified atom stereocenters. The molecular weight excluding hydrogens is 471 g/mol. The Morgan fingerprint density at radius 3 is 2.58 bits per heavy atom. The van der Waals surface area contributed by atoms with E-state index in [0.717, 1.165) is 32.3 Å². The number of thioether (sulfide) groups is 2. The van der Waals surface area contributed by atoms with Crippen LogP contribution < -0.4 is 4.72 Å². The molecule has 0 aliphatic rings. The highest BCUT2D eigenvalue weighted by Crippen LogP contribution is 2.32. The minimum atomic E-state index is -3.16. The van der Waals surface area contributed by atoms with Crippen LogP contribution in [0.1, 0.15) is 12.2 Å². The molecule has 4 aromatic rings.